The molecule has 7 heteroatoms. The van der Waals surface area contributed by atoms with E-state index in [9.17, 15) is 4.79 Å². The summed E-state index contributed by atoms with van der Waals surface area (Å²) in [6.45, 7) is 9.09. The molecule has 2 rings (SSSR count). The van der Waals surface area contributed by atoms with Crippen LogP contribution in [0.5, 0.6) is 0 Å². The maximum atomic E-state index is 12.3. The lowest BCUT2D eigenvalue weighted by atomic mass is 10.1. The van der Waals surface area contributed by atoms with Crippen molar-refractivity contribution in [2.45, 2.75) is 57.9 Å². The molecule has 0 saturated heterocycles. The minimum atomic E-state index is 0.0293. The molecule has 0 unspecified atom stereocenters. The highest BCUT2D eigenvalue weighted by Gasteiger charge is 2.23. The summed E-state index contributed by atoms with van der Waals surface area (Å²) in [7, 11) is 4.12. The third kappa shape index (κ3) is 6.07. The van der Waals surface area contributed by atoms with Gasteiger partial charge in [0, 0.05) is 6.04 Å². The number of benzene rings is 1. The number of nitrogens with zero attached hydrogens (tertiary/aromatic N) is 4. The van der Waals surface area contributed by atoms with Crippen LogP contribution in [0.25, 0.3) is 0 Å². The van der Waals surface area contributed by atoms with Crippen LogP contribution in [0.4, 0.5) is 0 Å². The van der Waals surface area contributed by atoms with Crippen LogP contribution in [-0.2, 0) is 11.3 Å². The fourth-order valence-electron chi connectivity index (χ4n) is 2.94. The van der Waals surface area contributed by atoms with Gasteiger partial charge >= 0.3 is 0 Å². The summed E-state index contributed by atoms with van der Waals surface area (Å²) in [5.74, 6) is 1.71. The molecule has 0 bridgehead atoms. The predicted octanol–water partition coefficient (Wildman–Crippen LogP) is 3.59. The standard InChI is InChI=1S/C21H33N5OS/c1-7-18(25(5)6)20-23-24-21(26(20)13-17-11-9-8-10-12-17)28-14-19(27)22-16(4)15(2)3/h8-12,15-16,18H,7,13-14H2,1-6H3,(H,22,27)/t16-,18-/m0/s1. The first-order valence-electron chi connectivity index (χ1n) is 9.89. The molecular weight excluding hydrogens is 370 g/mol. The lowest BCUT2D eigenvalue weighted by Gasteiger charge is -2.23. The Kier molecular flexibility index (Phi) is 8.51. The van der Waals surface area contributed by atoms with Crippen LogP contribution in [0.3, 0.4) is 0 Å². The van der Waals surface area contributed by atoms with Crippen molar-refractivity contribution in [3.8, 4) is 0 Å². The molecule has 1 amide bonds. The first-order chi connectivity index (χ1) is 13.3. The van der Waals surface area contributed by atoms with Gasteiger partial charge in [0.15, 0.2) is 11.0 Å². The Morgan fingerprint density at radius 3 is 2.43 bits per heavy atom. The second-order valence-corrected chi connectivity index (χ2v) is 8.63. The van der Waals surface area contributed by atoms with E-state index in [2.05, 4.69) is 72.0 Å². The quantitative estimate of drug-likeness (QED) is 0.614. The Morgan fingerprint density at radius 2 is 1.86 bits per heavy atom. The van der Waals surface area contributed by atoms with Gasteiger partial charge in [0.2, 0.25) is 5.91 Å². The van der Waals surface area contributed by atoms with E-state index in [1.54, 1.807) is 0 Å². The average Bonchev–Trinajstić information content (AvgIpc) is 3.03. The zero-order valence-electron chi connectivity index (χ0n) is 17.8. The van der Waals surface area contributed by atoms with Crippen molar-refractivity contribution in [2.75, 3.05) is 19.8 Å². The number of carbonyl (C=O) groups is 1. The summed E-state index contributed by atoms with van der Waals surface area (Å²) in [4.78, 5) is 14.5. The molecule has 28 heavy (non-hydrogen) atoms. The summed E-state index contributed by atoms with van der Waals surface area (Å²) in [6.07, 6.45) is 0.941. The van der Waals surface area contributed by atoms with Crippen molar-refractivity contribution in [1.82, 2.24) is 25.0 Å². The largest absolute Gasteiger partial charge is 0.353 e. The van der Waals surface area contributed by atoms with Gasteiger partial charge in [-0.05, 0) is 38.9 Å². The molecule has 0 spiro atoms. The second-order valence-electron chi connectivity index (χ2n) is 7.69. The molecule has 1 N–H and O–H groups in total. The van der Waals surface area contributed by atoms with E-state index in [0.717, 1.165) is 17.4 Å². The molecule has 1 aromatic carbocycles. The third-order valence-corrected chi connectivity index (χ3v) is 5.92. The van der Waals surface area contributed by atoms with Crippen LogP contribution in [-0.4, -0.2) is 51.5 Å². The summed E-state index contributed by atoms with van der Waals surface area (Å²) >= 11 is 1.45. The summed E-state index contributed by atoms with van der Waals surface area (Å²) in [6, 6.07) is 10.6. The lowest BCUT2D eigenvalue weighted by molar-refractivity contribution is -0.119. The van der Waals surface area contributed by atoms with Gasteiger partial charge in [-0.3, -0.25) is 9.69 Å². The highest BCUT2D eigenvalue weighted by atomic mass is 32.2. The van der Waals surface area contributed by atoms with Gasteiger partial charge in [-0.25, -0.2) is 0 Å². The molecule has 0 aliphatic rings. The number of thioether (sulfide) groups is 1. The number of aromatic nitrogens is 3. The van der Waals surface area contributed by atoms with Crippen molar-refractivity contribution in [3.05, 3.63) is 41.7 Å². The zero-order valence-corrected chi connectivity index (χ0v) is 18.7. The normalized spacial score (nSPS) is 13.7. The van der Waals surface area contributed by atoms with Crippen molar-refractivity contribution in [1.29, 1.82) is 0 Å². The smallest absolute Gasteiger partial charge is 0.230 e. The molecule has 0 saturated carbocycles. The van der Waals surface area contributed by atoms with Crippen LogP contribution in [0.1, 0.15) is 51.5 Å². The fraction of sp³-hybridized carbons (Fsp3) is 0.571. The first-order valence-corrected chi connectivity index (χ1v) is 10.9. The van der Waals surface area contributed by atoms with Crippen LogP contribution >= 0.6 is 11.8 Å². The average molecular weight is 404 g/mol. The molecule has 6 nitrogen and oxygen atoms in total. The van der Waals surface area contributed by atoms with Gasteiger partial charge in [-0.2, -0.15) is 0 Å². The monoisotopic (exact) mass is 403 g/mol. The van der Waals surface area contributed by atoms with E-state index < -0.39 is 0 Å². The van der Waals surface area contributed by atoms with Crippen molar-refractivity contribution in [2.24, 2.45) is 5.92 Å². The van der Waals surface area contributed by atoms with Gasteiger partial charge in [-0.1, -0.05) is 62.9 Å². The number of carbonyl (C=O) groups excluding carboxylic acids is 1. The summed E-state index contributed by atoms with van der Waals surface area (Å²) in [5, 5.41) is 12.7. The maximum absolute atomic E-state index is 12.3. The molecule has 0 fully saturated rings. The zero-order chi connectivity index (χ0) is 20.7. The number of rotatable bonds is 10. The van der Waals surface area contributed by atoms with Crippen molar-refractivity contribution in [3.63, 3.8) is 0 Å². The van der Waals surface area contributed by atoms with Gasteiger partial charge in [-0.15, -0.1) is 10.2 Å². The van der Waals surface area contributed by atoms with Gasteiger partial charge in [0.25, 0.3) is 0 Å². The molecule has 154 valence electrons. The number of nitrogens with one attached hydrogen (secondary N) is 1. The molecule has 0 radical (unpaired) electrons. The lowest BCUT2D eigenvalue weighted by Crippen LogP contribution is -2.37. The Morgan fingerprint density at radius 1 is 1.18 bits per heavy atom. The third-order valence-electron chi connectivity index (χ3n) is 4.96. The first kappa shape index (κ1) is 22.4. The highest BCUT2D eigenvalue weighted by Crippen LogP contribution is 2.26. The van der Waals surface area contributed by atoms with Gasteiger partial charge in [0.05, 0.1) is 18.3 Å². The van der Waals surface area contributed by atoms with Crippen LogP contribution in [0.2, 0.25) is 0 Å². The van der Waals surface area contributed by atoms with E-state index in [0.29, 0.717) is 18.2 Å². The molecule has 0 aliphatic heterocycles. The number of amides is 1. The minimum Gasteiger partial charge on any atom is -0.353 e. The van der Waals surface area contributed by atoms with Crippen LogP contribution in [0, 0.1) is 5.92 Å². The summed E-state index contributed by atoms with van der Waals surface area (Å²) in [5.41, 5.74) is 1.19. The van der Waals surface area contributed by atoms with E-state index in [1.165, 1.54) is 17.3 Å². The fourth-order valence-corrected chi connectivity index (χ4v) is 3.69. The molecule has 0 aliphatic carbocycles. The number of hydrogen-bond donors (Lipinski definition) is 1. The highest BCUT2D eigenvalue weighted by molar-refractivity contribution is 7.99. The molecular formula is C21H33N5OS. The van der Waals surface area contributed by atoms with E-state index in [1.807, 2.05) is 25.1 Å². The molecule has 2 atom stereocenters. The van der Waals surface area contributed by atoms with E-state index in [-0.39, 0.29) is 18.0 Å². The topological polar surface area (TPSA) is 63.1 Å². The predicted molar refractivity (Wildman–Crippen MR) is 115 cm³/mol. The Balaban J connectivity index is 2.21. The Labute approximate surface area is 173 Å². The maximum Gasteiger partial charge on any atom is 0.230 e. The Hall–Kier alpha value is -1.86. The minimum absolute atomic E-state index is 0.0293. The molecule has 1 heterocycles. The second kappa shape index (κ2) is 10.6. The van der Waals surface area contributed by atoms with Crippen molar-refractivity contribution >= 4 is 17.7 Å². The van der Waals surface area contributed by atoms with Gasteiger partial charge < -0.3 is 9.88 Å². The van der Waals surface area contributed by atoms with E-state index in [4.69, 9.17) is 0 Å². The SMILES string of the molecule is CC[C@@H](c1nnc(SCC(=O)N[C@@H](C)C(C)C)n1Cc1ccccc1)N(C)C. The van der Waals surface area contributed by atoms with Gasteiger partial charge in [0.1, 0.15) is 0 Å². The molecule has 2 aromatic rings. The summed E-state index contributed by atoms with van der Waals surface area (Å²) < 4.78 is 2.15. The van der Waals surface area contributed by atoms with Crippen LogP contribution in [0.15, 0.2) is 35.5 Å². The van der Waals surface area contributed by atoms with Crippen molar-refractivity contribution < 1.29 is 4.79 Å². The van der Waals surface area contributed by atoms with Crippen LogP contribution < -0.4 is 5.32 Å². The number of hydrogen-bond acceptors (Lipinski definition) is 5. The Bertz CT molecular complexity index is 745. The van der Waals surface area contributed by atoms with E-state index >= 15 is 0 Å². The molecule has 1 aromatic heterocycles.